The largest absolute Gasteiger partial charge is 0.434 e. The number of alkyl halides is 6. The lowest BCUT2D eigenvalue weighted by Gasteiger charge is -2.31. The summed E-state index contributed by atoms with van der Waals surface area (Å²) in [6, 6.07) is -0.100. The number of aromatic nitrogens is 1. The van der Waals surface area contributed by atoms with Crippen LogP contribution in [0.1, 0.15) is 36.4 Å². The third-order valence-electron chi connectivity index (χ3n) is 4.23. The summed E-state index contributed by atoms with van der Waals surface area (Å²) in [6.45, 7) is 0.322. The van der Waals surface area contributed by atoms with Crippen molar-refractivity contribution in [2.45, 2.75) is 50.5 Å². The second-order valence-corrected chi connectivity index (χ2v) is 7.05. The molecular weight excluding hydrogens is 382 g/mol. The molecule has 11 heteroatoms. The Morgan fingerprint density at radius 2 is 1.85 bits per heavy atom. The Morgan fingerprint density at radius 1 is 1.19 bits per heavy atom. The molecule has 0 unspecified atom stereocenters. The summed E-state index contributed by atoms with van der Waals surface area (Å²) in [7, 11) is 1.53. The Balaban J connectivity index is 1.74. The van der Waals surface area contributed by atoms with Crippen molar-refractivity contribution in [1.82, 2.24) is 15.6 Å². The SMILES string of the molecule is CN=C(NCCc1nc(C(F)(F)F)cs1)NC1CCC(C(F)(F)F)CC1. The van der Waals surface area contributed by atoms with Gasteiger partial charge in [0.05, 0.1) is 10.9 Å². The van der Waals surface area contributed by atoms with Crippen molar-refractivity contribution in [2.75, 3.05) is 13.6 Å². The van der Waals surface area contributed by atoms with Crippen LogP contribution in [0, 0.1) is 5.92 Å². The standard InChI is InChI=1S/C15H20F6N4S/c1-22-13(24-10-4-2-9(3-5-10)14(16,17)18)23-7-6-12-25-11(8-26-12)15(19,20)21/h8-10H,2-7H2,1H3,(H2,22,23,24). The maximum absolute atomic E-state index is 12.7. The number of hydrogen-bond donors (Lipinski definition) is 2. The predicted molar refractivity (Wildman–Crippen MR) is 87.1 cm³/mol. The molecule has 1 aromatic heterocycles. The molecule has 0 saturated heterocycles. The van der Waals surface area contributed by atoms with E-state index in [0.29, 0.717) is 36.8 Å². The van der Waals surface area contributed by atoms with Crippen LogP contribution in [0.15, 0.2) is 10.4 Å². The highest BCUT2D eigenvalue weighted by Gasteiger charge is 2.41. The fourth-order valence-corrected chi connectivity index (χ4v) is 3.60. The maximum atomic E-state index is 12.7. The van der Waals surface area contributed by atoms with Crippen molar-refractivity contribution in [3.63, 3.8) is 0 Å². The number of aliphatic imine (C=N–C) groups is 1. The molecule has 0 aromatic carbocycles. The van der Waals surface area contributed by atoms with E-state index in [1.807, 2.05) is 0 Å². The number of rotatable bonds is 4. The van der Waals surface area contributed by atoms with Crippen LogP contribution in [0.25, 0.3) is 0 Å². The van der Waals surface area contributed by atoms with Crippen molar-refractivity contribution >= 4 is 17.3 Å². The quantitative estimate of drug-likeness (QED) is 0.455. The molecule has 26 heavy (non-hydrogen) atoms. The smallest absolute Gasteiger partial charge is 0.356 e. The van der Waals surface area contributed by atoms with Gasteiger partial charge in [-0.3, -0.25) is 4.99 Å². The molecular formula is C15H20F6N4S. The zero-order valence-electron chi connectivity index (χ0n) is 14.0. The molecule has 1 aliphatic carbocycles. The van der Waals surface area contributed by atoms with E-state index >= 15 is 0 Å². The zero-order valence-corrected chi connectivity index (χ0v) is 14.9. The first-order valence-corrected chi connectivity index (χ1v) is 9.03. The highest BCUT2D eigenvalue weighted by Crippen LogP contribution is 2.37. The Hall–Kier alpha value is -1.52. The van der Waals surface area contributed by atoms with E-state index in [4.69, 9.17) is 0 Å². The lowest BCUT2D eigenvalue weighted by atomic mass is 9.85. The van der Waals surface area contributed by atoms with E-state index in [-0.39, 0.29) is 18.9 Å². The average molecular weight is 402 g/mol. The van der Waals surface area contributed by atoms with Crippen molar-refractivity contribution < 1.29 is 26.3 Å². The van der Waals surface area contributed by atoms with Crippen LogP contribution in [0.4, 0.5) is 26.3 Å². The molecule has 1 aromatic rings. The highest BCUT2D eigenvalue weighted by atomic mass is 32.1. The second kappa shape index (κ2) is 8.45. The van der Waals surface area contributed by atoms with E-state index in [9.17, 15) is 26.3 Å². The number of hydrogen-bond acceptors (Lipinski definition) is 3. The van der Waals surface area contributed by atoms with Crippen molar-refractivity contribution in [1.29, 1.82) is 0 Å². The molecule has 0 amide bonds. The Bertz CT molecular complexity index is 602. The van der Waals surface area contributed by atoms with Gasteiger partial charge < -0.3 is 10.6 Å². The monoisotopic (exact) mass is 402 g/mol. The maximum Gasteiger partial charge on any atom is 0.434 e. The molecule has 2 rings (SSSR count). The third-order valence-corrected chi connectivity index (χ3v) is 5.14. The summed E-state index contributed by atoms with van der Waals surface area (Å²) in [6.07, 6.45) is -7.35. The minimum atomic E-state index is -4.45. The van der Waals surface area contributed by atoms with Crippen molar-refractivity contribution in [3.05, 3.63) is 16.1 Å². The van der Waals surface area contributed by atoms with Crippen LogP contribution in [0.3, 0.4) is 0 Å². The minimum Gasteiger partial charge on any atom is -0.356 e. The van der Waals surface area contributed by atoms with Gasteiger partial charge in [-0.05, 0) is 25.7 Å². The third kappa shape index (κ3) is 6.03. The van der Waals surface area contributed by atoms with E-state index in [0.717, 1.165) is 16.7 Å². The molecule has 1 fully saturated rings. The molecule has 148 valence electrons. The van der Waals surface area contributed by atoms with E-state index < -0.39 is 24.0 Å². The summed E-state index contributed by atoms with van der Waals surface area (Å²) < 4.78 is 75.5. The van der Waals surface area contributed by atoms with Gasteiger partial charge in [0.2, 0.25) is 0 Å². The number of thiazole rings is 1. The lowest BCUT2D eigenvalue weighted by molar-refractivity contribution is -0.182. The van der Waals surface area contributed by atoms with Crippen LogP contribution in [0.5, 0.6) is 0 Å². The van der Waals surface area contributed by atoms with Crippen molar-refractivity contribution in [2.24, 2.45) is 10.9 Å². The summed E-state index contributed by atoms with van der Waals surface area (Å²) in [5, 5.41) is 7.35. The van der Waals surface area contributed by atoms with E-state index in [2.05, 4.69) is 20.6 Å². The minimum absolute atomic E-state index is 0.0808. The van der Waals surface area contributed by atoms with Crippen LogP contribution in [-0.2, 0) is 12.6 Å². The highest BCUT2D eigenvalue weighted by molar-refractivity contribution is 7.09. The van der Waals surface area contributed by atoms with Gasteiger partial charge in [0.25, 0.3) is 0 Å². The zero-order chi connectivity index (χ0) is 19.4. The first kappa shape index (κ1) is 20.8. The number of halogens is 6. The summed E-state index contributed by atoms with van der Waals surface area (Å²) in [5.41, 5.74) is -0.901. The molecule has 0 atom stereocenters. The first-order chi connectivity index (χ1) is 12.1. The van der Waals surface area contributed by atoms with Crippen LogP contribution in [0.2, 0.25) is 0 Å². The molecule has 0 bridgehead atoms. The number of nitrogens with zero attached hydrogens (tertiary/aromatic N) is 2. The molecule has 4 nitrogen and oxygen atoms in total. The fourth-order valence-electron chi connectivity index (χ4n) is 2.80. The Kier molecular flexibility index (Phi) is 6.75. The summed E-state index contributed by atoms with van der Waals surface area (Å²) in [4.78, 5) is 7.54. The molecule has 1 aliphatic rings. The topological polar surface area (TPSA) is 49.3 Å². The van der Waals surface area contributed by atoms with Crippen LogP contribution in [-0.4, -0.2) is 36.8 Å². The van der Waals surface area contributed by atoms with Crippen LogP contribution >= 0.6 is 11.3 Å². The van der Waals surface area contributed by atoms with Gasteiger partial charge in [-0.2, -0.15) is 26.3 Å². The van der Waals surface area contributed by atoms with E-state index in [1.54, 1.807) is 0 Å². The van der Waals surface area contributed by atoms with Gasteiger partial charge in [0.15, 0.2) is 11.7 Å². The van der Waals surface area contributed by atoms with Gasteiger partial charge in [0.1, 0.15) is 0 Å². The van der Waals surface area contributed by atoms with Crippen LogP contribution < -0.4 is 10.6 Å². The first-order valence-electron chi connectivity index (χ1n) is 8.15. The predicted octanol–water partition coefficient (Wildman–Crippen LogP) is 3.99. The van der Waals surface area contributed by atoms with Gasteiger partial charge >= 0.3 is 12.4 Å². The van der Waals surface area contributed by atoms with Gasteiger partial charge in [-0.15, -0.1) is 11.3 Å². The van der Waals surface area contributed by atoms with E-state index in [1.165, 1.54) is 7.05 Å². The summed E-state index contributed by atoms with van der Waals surface area (Å²) >= 11 is 0.936. The Morgan fingerprint density at radius 3 is 2.35 bits per heavy atom. The number of nitrogens with one attached hydrogen (secondary N) is 2. The second-order valence-electron chi connectivity index (χ2n) is 6.11. The molecule has 0 aliphatic heterocycles. The van der Waals surface area contributed by atoms with Gasteiger partial charge in [-0.25, -0.2) is 4.98 Å². The van der Waals surface area contributed by atoms with Crippen molar-refractivity contribution in [3.8, 4) is 0 Å². The molecule has 2 N–H and O–H groups in total. The molecule has 0 spiro atoms. The molecule has 1 heterocycles. The van der Waals surface area contributed by atoms with Gasteiger partial charge in [0, 0.05) is 31.4 Å². The Labute approximate surface area is 151 Å². The van der Waals surface area contributed by atoms with Gasteiger partial charge in [-0.1, -0.05) is 0 Å². The fraction of sp³-hybridized carbons (Fsp3) is 0.733. The average Bonchev–Trinajstić information content (AvgIpc) is 3.02. The number of guanidine groups is 1. The molecule has 1 saturated carbocycles. The lowest BCUT2D eigenvalue weighted by Crippen LogP contribution is -2.46. The molecule has 0 radical (unpaired) electrons. The summed E-state index contributed by atoms with van der Waals surface area (Å²) in [5.74, 6) is -0.823. The normalized spacial score (nSPS) is 22.3.